The van der Waals surface area contributed by atoms with Crippen LogP contribution >= 0.6 is 0 Å². The molecule has 0 aromatic heterocycles. The van der Waals surface area contributed by atoms with E-state index >= 15 is 0 Å². The number of carbonyl (C=O) groups is 1. The van der Waals surface area contributed by atoms with Crippen molar-refractivity contribution in [2.45, 2.75) is 24.5 Å². The summed E-state index contributed by atoms with van der Waals surface area (Å²) in [7, 11) is -3.21. The Labute approximate surface area is 101 Å². The highest BCUT2D eigenvalue weighted by Crippen LogP contribution is 2.27. The van der Waals surface area contributed by atoms with E-state index in [0.717, 1.165) is 5.56 Å². The van der Waals surface area contributed by atoms with Crippen molar-refractivity contribution in [1.82, 2.24) is 0 Å². The van der Waals surface area contributed by atoms with Gasteiger partial charge >= 0.3 is 5.97 Å². The zero-order valence-electron chi connectivity index (χ0n) is 9.67. The molecule has 0 aliphatic carbocycles. The van der Waals surface area contributed by atoms with Crippen LogP contribution in [0.3, 0.4) is 0 Å². The van der Waals surface area contributed by atoms with E-state index in [1.807, 2.05) is 6.07 Å². The van der Waals surface area contributed by atoms with Gasteiger partial charge in [0.15, 0.2) is 9.84 Å². The lowest BCUT2D eigenvalue weighted by molar-refractivity contribution is -0.137. The molecule has 0 radical (unpaired) electrons. The molecule has 1 aromatic carbocycles. The van der Waals surface area contributed by atoms with E-state index in [-0.39, 0.29) is 6.42 Å². The summed E-state index contributed by atoms with van der Waals surface area (Å²) in [6, 6.07) is 8.90. The van der Waals surface area contributed by atoms with Crippen molar-refractivity contribution in [1.29, 1.82) is 0 Å². The summed E-state index contributed by atoms with van der Waals surface area (Å²) in [4.78, 5) is 10.4. The molecular formula is C12H16O4S. The highest BCUT2D eigenvalue weighted by atomic mass is 32.2. The van der Waals surface area contributed by atoms with Gasteiger partial charge in [-0.2, -0.15) is 0 Å². The molecule has 0 fully saturated rings. The molecule has 1 N–H and O–H groups in total. The fraction of sp³-hybridized carbons (Fsp3) is 0.417. The number of sulfone groups is 1. The minimum absolute atomic E-state index is 0.00114. The number of rotatable bonds is 6. The molecule has 1 rings (SSSR count). The van der Waals surface area contributed by atoms with Gasteiger partial charge in [0.05, 0.1) is 5.25 Å². The first-order valence-electron chi connectivity index (χ1n) is 5.37. The third-order valence-electron chi connectivity index (χ3n) is 2.55. The lowest BCUT2D eigenvalue weighted by atomic mass is 10.1. The van der Waals surface area contributed by atoms with Gasteiger partial charge in [-0.1, -0.05) is 30.3 Å². The minimum Gasteiger partial charge on any atom is -0.481 e. The van der Waals surface area contributed by atoms with E-state index < -0.39 is 21.1 Å². The average Bonchev–Trinajstić information content (AvgIpc) is 2.23. The highest BCUT2D eigenvalue weighted by Gasteiger charge is 2.22. The Morgan fingerprint density at radius 3 is 2.35 bits per heavy atom. The van der Waals surface area contributed by atoms with Crippen LogP contribution in [-0.2, 0) is 14.6 Å². The van der Waals surface area contributed by atoms with E-state index in [0.29, 0.717) is 12.8 Å². The van der Waals surface area contributed by atoms with Crippen molar-refractivity contribution in [3.05, 3.63) is 35.9 Å². The third kappa shape index (κ3) is 4.56. The number of carboxylic acid groups (broad SMARTS) is 1. The number of hydrogen-bond acceptors (Lipinski definition) is 3. The zero-order chi connectivity index (χ0) is 12.9. The van der Waals surface area contributed by atoms with E-state index in [1.54, 1.807) is 24.3 Å². The van der Waals surface area contributed by atoms with Crippen molar-refractivity contribution in [3.63, 3.8) is 0 Å². The summed E-state index contributed by atoms with van der Waals surface area (Å²) in [6.07, 6.45) is 1.89. The third-order valence-corrected chi connectivity index (χ3v) is 4.09. The molecular weight excluding hydrogens is 240 g/mol. The number of carboxylic acids is 1. The SMILES string of the molecule is CS(=O)(=O)C(CCCC(=O)O)c1ccccc1. The molecule has 1 aromatic rings. The van der Waals surface area contributed by atoms with Crippen molar-refractivity contribution in [2.75, 3.05) is 6.26 Å². The fourth-order valence-corrected chi connectivity index (χ4v) is 2.98. The lowest BCUT2D eigenvalue weighted by Crippen LogP contribution is -2.12. The normalized spacial score (nSPS) is 13.2. The number of aliphatic carboxylic acids is 1. The van der Waals surface area contributed by atoms with E-state index in [4.69, 9.17) is 5.11 Å². The van der Waals surface area contributed by atoms with Crippen molar-refractivity contribution in [3.8, 4) is 0 Å². The largest absolute Gasteiger partial charge is 0.481 e. The maximum Gasteiger partial charge on any atom is 0.303 e. The van der Waals surface area contributed by atoms with E-state index in [2.05, 4.69) is 0 Å². The summed E-state index contributed by atoms with van der Waals surface area (Å²) in [5.41, 5.74) is 0.723. The van der Waals surface area contributed by atoms with Gasteiger partial charge in [0.25, 0.3) is 0 Å². The van der Waals surface area contributed by atoms with Gasteiger partial charge < -0.3 is 5.11 Å². The van der Waals surface area contributed by atoms with Crippen LogP contribution < -0.4 is 0 Å². The van der Waals surface area contributed by atoms with Crippen molar-refractivity contribution in [2.24, 2.45) is 0 Å². The molecule has 0 saturated carbocycles. The maximum absolute atomic E-state index is 11.7. The molecule has 4 nitrogen and oxygen atoms in total. The Morgan fingerprint density at radius 2 is 1.88 bits per heavy atom. The molecule has 0 spiro atoms. The predicted molar refractivity (Wildman–Crippen MR) is 65.5 cm³/mol. The van der Waals surface area contributed by atoms with Crippen LogP contribution in [0.2, 0.25) is 0 Å². The summed E-state index contributed by atoms with van der Waals surface area (Å²) in [5, 5.41) is 7.94. The van der Waals surface area contributed by atoms with Gasteiger partial charge in [0.1, 0.15) is 0 Å². The Balaban J connectivity index is 2.80. The average molecular weight is 256 g/mol. The van der Waals surface area contributed by atoms with Crippen LogP contribution in [0, 0.1) is 0 Å². The smallest absolute Gasteiger partial charge is 0.303 e. The molecule has 5 heteroatoms. The molecule has 1 unspecified atom stereocenters. The van der Waals surface area contributed by atoms with E-state index in [1.165, 1.54) is 6.26 Å². The lowest BCUT2D eigenvalue weighted by Gasteiger charge is -2.14. The molecule has 0 heterocycles. The van der Waals surface area contributed by atoms with Crippen LogP contribution in [-0.4, -0.2) is 25.7 Å². The molecule has 0 aliphatic rings. The molecule has 17 heavy (non-hydrogen) atoms. The Kier molecular flexibility index (Phi) is 4.69. The maximum atomic E-state index is 11.7. The summed E-state index contributed by atoms with van der Waals surface area (Å²) in [6.45, 7) is 0. The van der Waals surface area contributed by atoms with Gasteiger partial charge in [-0.3, -0.25) is 4.79 Å². The molecule has 0 amide bonds. The van der Waals surface area contributed by atoms with Gasteiger partial charge in [0.2, 0.25) is 0 Å². The zero-order valence-corrected chi connectivity index (χ0v) is 10.5. The molecule has 0 bridgehead atoms. The van der Waals surface area contributed by atoms with Crippen molar-refractivity contribution >= 4 is 15.8 Å². The fourth-order valence-electron chi connectivity index (χ4n) is 1.73. The first-order valence-corrected chi connectivity index (χ1v) is 7.32. The highest BCUT2D eigenvalue weighted by molar-refractivity contribution is 7.90. The Morgan fingerprint density at radius 1 is 1.29 bits per heavy atom. The van der Waals surface area contributed by atoms with Crippen LogP contribution in [0.4, 0.5) is 0 Å². The standard InChI is InChI=1S/C12H16O4S/c1-17(15,16)11(8-5-9-12(13)14)10-6-3-2-4-7-10/h2-4,6-7,11H,5,8-9H2,1H3,(H,13,14). The summed E-state index contributed by atoms with van der Waals surface area (Å²) in [5.74, 6) is -0.898. The first-order chi connectivity index (χ1) is 7.91. The van der Waals surface area contributed by atoms with Gasteiger partial charge in [0, 0.05) is 12.7 Å². The molecule has 0 saturated heterocycles. The summed E-state index contributed by atoms with van der Waals surface area (Å²) >= 11 is 0. The number of benzene rings is 1. The number of hydrogen-bond donors (Lipinski definition) is 1. The predicted octanol–water partition coefficient (Wildman–Crippen LogP) is 2.03. The molecule has 0 aliphatic heterocycles. The first kappa shape index (κ1) is 13.7. The van der Waals surface area contributed by atoms with Crippen LogP contribution in [0.25, 0.3) is 0 Å². The van der Waals surface area contributed by atoms with E-state index in [9.17, 15) is 13.2 Å². The Hall–Kier alpha value is -1.36. The van der Waals surface area contributed by atoms with Crippen molar-refractivity contribution < 1.29 is 18.3 Å². The Bertz CT molecular complexity index is 465. The van der Waals surface area contributed by atoms with Crippen LogP contribution in [0.15, 0.2) is 30.3 Å². The van der Waals surface area contributed by atoms with Crippen LogP contribution in [0.5, 0.6) is 0 Å². The minimum atomic E-state index is -3.21. The summed E-state index contributed by atoms with van der Waals surface area (Å²) < 4.78 is 23.3. The second kappa shape index (κ2) is 5.82. The second-order valence-electron chi connectivity index (χ2n) is 4.01. The monoisotopic (exact) mass is 256 g/mol. The van der Waals surface area contributed by atoms with Gasteiger partial charge in [-0.25, -0.2) is 8.42 Å². The van der Waals surface area contributed by atoms with Crippen LogP contribution in [0.1, 0.15) is 30.1 Å². The van der Waals surface area contributed by atoms with Gasteiger partial charge in [-0.05, 0) is 18.4 Å². The quantitative estimate of drug-likeness (QED) is 0.845. The van der Waals surface area contributed by atoms with Gasteiger partial charge in [-0.15, -0.1) is 0 Å². The molecule has 94 valence electrons. The molecule has 1 atom stereocenters. The second-order valence-corrected chi connectivity index (χ2v) is 6.24. The topological polar surface area (TPSA) is 71.4 Å².